The molecular formula is C8H15N2O5P-2. The molecule has 1 rings (SSSR count). The van der Waals surface area contributed by atoms with E-state index in [4.69, 9.17) is 5.11 Å². The topological polar surface area (TPSA) is 122 Å². The van der Waals surface area contributed by atoms with Gasteiger partial charge in [-0.2, -0.15) is 7.94 Å². The summed E-state index contributed by atoms with van der Waals surface area (Å²) >= 11 is 0. The van der Waals surface area contributed by atoms with Crippen LogP contribution in [0.3, 0.4) is 0 Å². The number of aliphatic carboxylic acids is 1. The number of piperazine rings is 1. The van der Waals surface area contributed by atoms with Gasteiger partial charge in [-0.1, -0.05) is 0 Å². The second kappa shape index (κ2) is 5.86. The standard InChI is InChI=1S/C8H17N2O5P/c11-8(12)7-6-10(4-2-9-7)3-1-5-16(13,14)15/h7,9H,1-6H2,(H,11,12)(H2,13,14,15)/p-2/t7-/m0/s1. The molecule has 0 aromatic rings. The second-order valence-corrected chi connectivity index (χ2v) is 5.50. The summed E-state index contributed by atoms with van der Waals surface area (Å²) < 4.78 is 0. The molecule has 0 bridgehead atoms. The molecule has 1 atom stereocenters. The third-order valence-electron chi connectivity index (χ3n) is 2.46. The lowest BCUT2D eigenvalue weighted by Gasteiger charge is -2.42. The third-order valence-corrected chi connectivity index (χ3v) is 3.33. The van der Waals surface area contributed by atoms with Gasteiger partial charge in [0.25, 0.3) is 0 Å². The minimum absolute atomic E-state index is 0.261. The molecule has 1 aliphatic rings. The highest BCUT2D eigenvalue weighted by Crippen LogP contribution is 2.28. The van der Waals surface area contributed by atoms with Crippen LogP contribution >= 0.6 is 7.94 Å². The van der Waals surface area contributed by atoms with Crippen molar-refractivity contribution in [3.63, 3.8) is 0 Å². The van der Waals surface area contributed by atoms with Gasteiger partial charge >= 0.3 is 5.97 Å². The highest BCUT2D eigenvalue weighted by atomic mass is 31.2. The van der Waals surface area contributed by atoms with E-state index >= 15 is 0 Å². The van der Waals surface area contributed by atoms with Gasteiger partial charge < -0.3 is 25.1 Å². The molecule has 94 valence electrons. The summed E-state index contributed by atoms with van der Waals surface area (Å²) in [6, 6.07) is -0.611. The first-order valence-corrected chi connectivity index (χ1v) is 6.81. The van der Waals surface area contributed by atoms with Gasteiger partial charge in [0.2, 0.25) is 0 Å². The van der Waals surface area contributed by atoms with Crippen molar-refractivity contribution in [2.75, 3.05) is 32.3 Å². The van der Waals surface area contributed by atoms with E-state index in [-0.39, 0.29) is 12.6 Å². The van der Waals surface area contributed by atoms with Crippen molar-refractivity contribution in [2.45, 2.75) is 12.5 Å². The Kier molecular flexibility index (Phi) is 5.04. The van der Waals surface area contributed by atoms with Crippen molar-refractivity contribution in [3.8, 4) is 0 Å². The lowest BCUT2D eigenvalue weighted by atomic mass is 10.2. The lowest BCUT2D eigenvalue weighted by Crippen LogP contribution is -2.54. The molecule has 7 nitrogen and oxygen atoms in total. The molecule has 1 saturated heterocycles. The van der Waals surface area contributed by atoms with Crippen LogP contribution < -0.4 is 20.0 Å². The average molecular weight is 250 g/mol. The maximum Gasteiger partial charge on any atom is 0.322 e. The first kappa shape index (κ1) is 13.8. The molecule has 0 spiro atoms. The summed E-state index contributed by atoms with van der Waals surface area (Å²) in [5.74, 6) is -0.914. The van der Waals surface area contributed by atoms with Crippen molar-refractivity contribution < 1.29 is 24.6 Å². The van der Waals surface area contributed by atoms with Crippen LogP contribution in [-0.2, 0) is 4.79 Å². The van der Waals surface area contributed by atoms with E-state index in [1.165, 1.54) is 0 Å². The summed E-state index contributed by atoms with van der Waals surface area (Å²) in [4.78, 5) is 43.7. The Hall–Kier alpha value is -0.300. The molecule has 0 saturated carbocycles. The van der Waals surface area contributed by atoms with Crippen LogP contribution in [0.1, 0.15) is 6.42 Å². The van der Waals surface area contributed by atoms with E-state index in [1.54, 1.807) is 0 Å². The predicted octanol–water partition coefficient (Wildman–Crippen LogP) is -3.42. The minimum atomic E-state index is -4.43. The molecule has 16 heavy (non-hydrogen) atoms. The number of rotatable bonds is 5. The molecule has 1 fully saturated rings. The van der Waals surface area contributed by atoms with Gasteiger partial charge in [-0.15, -0.1) is 0 Å². The minimum Gasteiger partial charge on any atom is -0.688 e. The molecule has 0 amide bonds. The van der Waals surface area contributed by atoms with Gasteiger partial charge in [-0.3, -0.25) is 9.69 Å². The fourth-order valence-electron chi connectivity index (χ4n) is 1.67. The number of hydrogen-bond donors (Lipinski definition) is 2. The number of carboxylic acids is 1. The molecule has 0 unspecified atom stereocenters. The quantitative estimate of drug-likeness (QED) is 0.487. The molecule has 0 aromatic heterocycles. The Morgan fingerprint density at radius 2 is 2.19 bits per heavy atom. The van der Waals surface area contributed by atoms with Gasteiger partial charge in [0.05, 0.1) is 0 Å². The fraction of sp³-hybridized carbons (Fsp3) is 0.875. The van der Waals surface area contributed by atoms with Crippen LogP contribution in [-0.4, -0.2) is 54.4 Å². The van der Waals surface area contributed by atoms with Crippen molar-refractivity contribution in [1.82, 2.24) is 10.2 Å². The summed E-state index contributed by atoms with van der Waals surface area (Å²) in [5.41, 5.74) is 0. The summed E-state index contributed by atoms with van der Waals surface area (Å²) in [6.45, 7) is 2.02. The second-order valence-electron chi connectivity index (χ2n) is 3.83. The monoisotopic (exact) mass is 250 g/mol. The van der Waals surface area contributed by atoms with E-state index in [0.717, 1.165) is 0 Å². The molecule has 2 N–H and O–H groups in total. The van der Waals surface area contributed by atoms with E-state index < -0.39 is 20.0 Å². The average Bonchev–Trinajstić information content (AvgIpc) is 2.16. The largest absolute Gasteiger partial charge is 0.688 e. The van der Waals surface area contributed by atoms with Crippen LogP contribution in [0.5, 0.6) is 0 Å². The van der Waals surface area contributed by atoms with Crippen LogP contribution in [0.25, 0.3) is 0 Å². The van der Waals surface area contributed by atoms with Crippen LogP contribution in [0.2, 0.25) is 0 Å². The summed E-state index contributed by atoms with van der Waals surface area (Å²) in [5, 5.41) is 11.6. The van der Waals surface area contributed by atoms with Gasteiger partial charge in [0.15, 0.2) is 0 Å². The highest BCUT2D eigenvalue weighted by molar-refractivity contribution is 7.54. The van der Waals surface area contributed by atoms with Crippen LogP contribution in [0.4, 0.5) is 0 Å². The van der Waals surface area contributed by atoms with Gasteiger partial charge in [-0.25, -0.2) is 0 Å². The molecule has 0 aromatic carbocycles. The first-order chi connectivity index (χ1) is 7.38. The van der Waals surface area contributed by atoms with Crippen molar-refractivity contribution in [3.05, 3.63) is 0 Å². The maximum atomic E-state index is 10.7. The SMILES string of the molecule is O=C(O)[C@@H]1CN(CCC[P+]([O-])([O-])[O-])CCN1. The Morgan fingerprint density at radius 3 is 2.75 bits per heavy atom. The lowest BCUT2D eigenvalue weighted by molar-refractivity contribution is -0.427. The van der Waals surface area contributed by atoms with Gasteiger partial charge in [-0.05, 0) is 6.42 Å². The molecule has 0 aliphatic carbocycles. The Morgan fingerprint density at radius 1 is 1.50 bits per heavy atom. The number of carbonyl (C=O) groups is 1. The van der Waals surface area contributed by atoms with Crippen molar-refractivity contribution in [2.24, 2.45) is 0 Å². The zero-order valence-corrected chi connectivity index (χ0v) is 9.69. The van der Waals surface area contributed by atoms with Crippen LogP contribution in [0.15, 0.2) is 0 Å². The smallest absolute Gasteiger partial charge is 0.322 e. The molecule has 0 radical (unpaired) electrons. The first-order valence-electron chi connectivity index (χ1n) is 5.08. The van der Waals surface area contributed by atoms with E-state index in [1.807, 2.05) is 4.90 Å². The Bertz CT molecular complexity index is 245. The number of nitrogens with zero attached hydrogens (tertiary/aromatic N) is 1. The van der Waals surface area contributed by atoms with Gasteiger partial charge in [0, 0.05) is 32.3 Å². The van der Waals surface area contributed by atoms with Gasteiger partial charge in [0.1, 0.15) is 6.04 Å². The number of hydrogen-bond acceptors (Lipinski definition) is 6. The number of carboxylic acid groups (broad SMARTS) is 1. The zero-order valence-electron chi connectivity index (χ0n) is 8.79. The molecular weight excluding hydrogens is 235 g/mol. The molecule has 8 heteroatoms. The van der Waals surface area contributed by atoms with E-state index in [9.17, 15) is 19.5 Å². The highest BCUT2D eigenvalue weighted by Gasteiger charge is 2.24. The maximum absolute atomic E-state index is 10.7. The number of nitrogens with one attached hydrogen (secondary N) is 1. The fourth-order valence-corrected chi connectivity index (χ4v) is 2.20. The van der Waals surface area contributed by atoms with Crippen molar-refractivity contribution in [1.29, 1.82) is 0 Å². The van der Waals surface area contributed by atoms with E-state index in [0.29, 0.717) is 26.2 Å². The third kappa shape index (κ3) is 5.16. The normalized spacial score (nSPS) is 23.3. The van der Waals surface area contributed by atoms with Crippen LogP contribution in [0, 0.1) is 0 Å². The van der Waals surface area contributed by atoms with E-state index in [2.05, 4.69) is 5.32 Å². The summed E-state index contributed by atoms with van der Waals surface area (Å²) in [7, 11) is -4.43. The zero-order chi connectivity index (χ0) is 12.2. The van der Waals surface area contributed by atoms with Crippen molar-refractivity contribution >= 4 is 13.9 Å². The molecule has 1 heterocycles. The molecule has 1 aliphatic heterocycles. The Labute approximate surface area is 94.3 Å². The summed E-state index contributed by atoms with van der Waals surface area (Å²) in [6.07, 6.45) is -0.106. The Balaban J connectivity index is 2.24. The predicted molar refractivity (Wildman–Crippen MR) is 52.3 cm³/mol.